The Kier molecular flexibility index (Phi) is 7.00. The van der Waals surface area contributed by atoms with Crippen LogP contribution in [-0.2, 0) is 11.3 Å². The Morgan fingerprint density at radius 2 is 1.68 bits per heavy atom. The summed E-state index contributed by atoms with van der Waals surface area (Å²) in [6.07, 6.45) is 3.91. The smallest absolute Gasteiger partial charge is 0.266 e. The molecule has 0 spiro atoms. The molecule has 1 aromatic heterocycles. The lowest BCUT2D eigenvalue weighted by atomic mass is 9.95. The van der Waals surface area contributed by atoms with E-state index in [-0.39, 0.29) is 5.91 Å². The van der Waals surface area contributed by atoms with Crippen molar-refractivity contribution in [3.8, 4) is 22.7 Å². The quantitative estimate of drug-likeness (QED) is 0.203. The maximum absolute atomic E-state index is 13.4. The summed E-state index contributed by atoms with van der Waals surface area (Å²) in [7, 11) is 1.63. The number of carbonyl (C=O) groups excluding carboxylic acids is 1. The van der Waals surface area contributed by atoms with Crippen LogP contribution >= 0.6 is 24.0 Å². The molecule has 0 aliphatic carbocycles. The van der Waals surface area contributed by atoms with Gasteiger partial charge in [-0.3, -0.25) is 9.69 Å². The lowest BCUT2D eigenvalue weighted by Gasteiger charge is -2.14. The number of hydrogen-bond acceptors (Lipinski definition) is 5. The number of rotatable bonds is 6. The van der Waals surface area contributed by atoms with Gasteiger partial charge in [0.25, 0.3) is 5.91 Å². The van der Waals surface area contributed by atoms with Crippen LogP contribution in [0.1, 0.15) is 27.8 Å². The molecule has 0 N–H and O–H groups in total. The van der Waals surface area contributed by atoms with Crippen LogP contribution in [0.4, 0.5) is 0 Å². The van der Waals surface area contributed by atoms with Gasteiger partial charge in [0.2, 0.25) is 0 Å². The molecule has 186 valence electrons. The van der Waals surface area contributed by atoms with Crippen molar-refractivity contribution >= 4 is 40.3 Å². The Morgan fingerprint density at radius 3 is 2.32 bits per heavy atom. The van der Waals surface area contributed by atoms with Gasteiger partial charge in [-0.2, -0.15) is 5.10 Å². The van der Waals surface area contributed by atoms with Gasteiger partial charge in [-0.05, 0) is 67.8 Å². The summed E-state index contributed by atoms with van der Waals surface area (Å²) in [6, 6.07) is 22.0. The summed E-state index contributed by atoms with van der Waals surface area (Å²) in [4.78, 5) is 15.7. The first-order valence-corrected chi connectivity index (χ1v) is 13.2. The lowest BCUT2D eigenvalue weighted by molar-refractivity contribution is -0.122. The molecule has 1 amide bonds. The summed E-state index contributed by atoms with van der Waals surface area (Å²) in [6.45, 7) is 6.73. The molecule has 4 aromatic rings. The second-order valence-corrected chi connectivity index (χ2v) is 10.8. The minimum Gasteiger partial charge on any atom is -0.497 e. The zero-order valence-corrected chi connectivity index (χ0v) is 22.8. The third-order valence-electron chi connectivity index (χ3n) is 6.34. The van der Waals surface area contributed by atoms with E-state index in [1.54, 1.807) is 12.0 Å². The van der Waals surface area contributed by atoms with Gasteiger partial charge in [0.05, 0.1) is 24.2 Å². The molecule has 5 rings (SSSR count). The number of ether oxygens (including phenoxy) is 1. The molecule has 0 radical (unpaired) electrons. The number of amides is 1. The van der Waals surface area contributed by atoms with Gasteiger partial charge in [-0.15, -0.1) is 0 Å². The number of para-hydroxylation sites is 1. The highest BCUT2D eigenvalue weighted by atomic mass is 32.2. The third kappa shape index (κ3) is 5.10. The molecule has 0 atom stereocenters. The van der Waals surface area contributed by atoms with E-state index in [0.29, 0.717) is 15.8 Å². The second-order valence-electron chi connectivity index (χ2n) is 9.10. The Bertz CT molecular complexity index is 1500. The monoisotopic (exact) mass is 525 g/mol. The Labute approximate surface area is 226 Å². The summed E-state index contributed by atoms with van der Waals surface area (Å²) in [5.41, 5.74) is 8.26. The Balaban J connectivity index is 1.54. The number of aryl methyl sites for hydroxylation is 3. The molecule has 0 bridgehead atoms. The first-order chi connectivity index (χ1) is 17.8. The van der Waals surface area contributed by atoms with Crippen LogP contribution in [-0.4, -0.2) is 32.0 Å². The highest BCUT2D eigenvalue weighted by Crippen LogP contribution is 2.37. The average molecular weight is 526 g/mol. The number of carbonyl (C=O) groups is 1. The van der Waals surface area contributed by atoms with Gasteiger partial charge in [-0.25, -0.2) is 4.68 Å². The molecule has 0 saturated carbocycles. The predicted octanol–water partition coefficient (Wildman–Crippen LogP) is 6.87. The molecule has 2 heterocycles. The fourth-order valence-electron chi connectivity index (χ4n) is 4.64. The minimum absolute atomic E-state index is 0.0958. The van der Waals surface area contributed by atoms with E-state index in [9.17, 15) is 4.79 Å². The molecular weight excluding hydrogens is 498 g/mol. The average Bonchev–Trinajstić information content (AvgIpc) is 3.40. The van der Waals surface area contributed by atoms with Crippen molar-refractivity contribution in [2.75, 3.05) is 7.11 Å². The minimum atomic E-state index is -0.0958. The van der Waals surface area contributed by atoms with Gasteiger partial charge in [0.15, 0.2) is 0 Å². The van der Waals surface area contributed by atoms with Crippen molar-refractivity contribution in [3.63, 3.8) is 0 Å². The molecule has 1 saturated heterocycles. The maximum atomic E-state index is 13.4. The number of aromatic nitrogens is 2. The summed E-state index contributed by atoms with van der Waals surface area (Å²) < 4.78 is 7.66. The summed E-state index contributed by atoms with van der Waals surface area (Å²) in [5, 5.41) is 4.98. The number of methoxy groups -OCH3 is 1. The van der Waals surface area contributed by atoms with Crippen LogP contribution in [0, 0.1) is 20.8 Å². The molecule has 37 heavy (non-hydrogen) atoms. The second kappa shape index (κ2) is 10.4. The topological polar surface area (TPSA) is 47.4 Å². The van der Waals surface area contributed by atoms with Crippen LogP contribution in [0.3, 0.4) is 0 Å². The number of nitrogens with zero attached hydrogens (tertiary/aromatic N) is 3. The normalized spacial score (nSPS) is 14.6. The maximum Gasteiger partial charge on any atom is 0.266 e. The Morgan fingerprint density at radius 1 is 1.00 bits per heavy atom. The molecule has 1 aliphatic heterocycles. The van der Waals surface area contributed by atoms with E-state index in [0.717, 1.165) is 44.9 Å². The number of hydrogen-bond donors (Lipinski definition) is 0. The number of benzene rings is 3. The van der Waals surface area contributed by atoms with Crippen molar-refractivity contribution in [1.82, 2.24) is 14.7 Å². The standard InChI is InChI=1S/C30H27N3O2S2/c1-19-14-20(2)27(21(3)15-19)28-23(18-33(31-28)24-8-6-5-7-9-24)16-26-29(34)32(30(36)37-26)17-22-10-12-25(35-4)13-11-22/h5-16,18H,17H2,1-4H3. The first kappa shape index (κ1) is 25.0. The number of thioether (sulfide) groups is 1. The van der Waals surface area contributed by atoms with Gasteiger partial charge in [-0.1, -0.05) is 72.0 Å². The molecule has 7 heteroatoms. The highest BCUT2D eigenvalue weighted by molar-refractivity contribution is 8.26. The van der Waals surface area contributed by atoms with Crippen LogP contribution in [0.5, 0.6) is 5.75 Å². The van der Waals surface area contributed by atoms with Crippen molar-refractivity contribution in [2.24, 2.45) is 0 Å². The van der Waals surface area contributed by atoms with Crippen LogP contribution in [0.15, 0.2) is 77.8 Å². The van der Waals surface area contributed by atoms with E-state index in [4.69, 9.17) is 22.1 Å². The van der Waals surface area contributed by atoms with E-state index >= 15 is 0 Å². The Hall–Kier alpha value is -3.68. The zero-order valence-electron chi connectivity index (χ0n) is 21.2. The first-order valence-electron chi connectivity index (χ1n) is 12.0. The molecule has 1 fully saturated rings. The van der Waals surface area contributed by atoms with Crippen LogP contribution in [0.2, 0.25) is 0 Å². The molecular formula is C30H27N3O2S2. The van der Waals surface area contributed by atoms with Crippen LogP contribution < -0.4 is 4.74 Å². The van der Waals surface area contributed by atoms with Crippen LogP contribution in [0.25, 0.3) is 23.0 Å². The molecule has 0 unspecified atom stereocenters. The lowest BCUT2D eigenvalue weighted by Crippen LogP contribution is -2.27. The van der Waals surface area contributed by atoms with Gasteiger partial charge >= 0.3 is 0 Å². The van der Waals surface area contributed by atoms with Crippen molar-refractivity contribution < 1.29 is 9.53 Å². The summed E-state index contributed by atoms with van der Waals surface area (Å²) in [5.74, 6) is 0.681. The highest BCUT2D eigenvalue weighted by Gasteiger charge is 2.32. The van der Waals surface area contributed by atoms with Gasteiger partial charge in [0, 0.05) is 17.3 Å². The largest absolute Gasteiger partial charge is 0.497 e. The van der Waals surface area contributed by atoms with E-state index in [1.165, 1.54) is 17.3 Å². The van der Waals surface area contributed by atoms with Gasteiger partial charge < -0.3 is 4.74 Å². The predicted molar refractivity (Wildman–Crippen MR) is 155 cm³/mol. The fourth-order valence-corrected chi connectivity index (χ4v) is 5.89. The third-order valence-corrected chi connectivity index (χ3v) is 7.71. The SMILES string of the molecule is COc1ccc(CN2C(=O)C(=Cc3cn(-c4ccccc4)nc3-c3c(C)cc(C)cc3C)SC2=S)cc1. The van der Waals surface area contributed by atoms with E-state index in [2.05, 4.69) is 32.9 Å². The molecule has 5 nitrogen and oxygen atoms in total. The van der Waals surface area contributed by atoms with E-state index < -0.39 is 0 Å². The zero-order chi connectivity index (χ0) is 26.1. The van der Waals surface area contributed by atoms with Crippen molar-refractivity contribution in [3.05, 3.63) is 106 Å². The van der Waals surface area contributed by atoms with Gasteiger partial charge in [0.1, 0.15) is 15.8 Å². The van der Waals surface area contributed by atoms with Crippen molar-refractivity contribution in [2.45, 2.75) is 27.3 Å². The summed E-state index contributed by atoms with van der Waals surface area (Å²) >= 11 is 6.93. The van der Waals surface area contributed by atoms with Crippen molar-refractivity contribution in [1.29, 1.82) is 0 Å². The number of thiocarbonyl (C=S) groups is 1. The molecule has 1 aliphatic rings. The fraction of sp³-hybridized carbons (Fsp3) is 0.167. The van der Waals surface area contributed by atoms with E-state index in [1.807, 2.05) is 71.6 Å². The molecule has 3 aromatic carbocycles.